The summed E-state index contributed by atoms with van der Waals surface area (Å²) in [6, 6.07) is 66.4. The summed E-state index contributed by atoms with van der Waals surface area (Å²) < 4.78 is 8.93. The fourth-order valence-corrected chi connectivity index (χ4v) is 10.5. The molecule has 3 nitrogen and oxygen atoms in total. The van der Waals surface area contributed by atoms with E-state index in [-0.39, 0.29) is 5.92 Å². The Morgan fingerprint density at radius 2 is 1.34 bits per heavy atom. The molecule has 3 heteroatoms. The minimum absolute atomic E-state index is 0.0109. The van der Waals surface area contributed by atoms with Crippen molar-refractivity contribution < 1.29 is 4.42 Å². The Hall–Kier alpha value is -7.62. The molecule has 2 aliphatic rings. The minimum Gasteiger partial charge on any atom is -0.456 e. The van der Waals surface area contributed by atoms with Gasteiger partial charge in [0.2, 0.25) is 0 Å². The molecule has 12 rings (SSSR count). The maximum absolute atomic E-state index is 6.46. The van der Waals surface area contributed by atoms with E-state index in [1.54, 1.807) is 0 Å². The van der Waals surface area contributed by atoms with Crippen molar-refractivity contribution in [2.24, 2.45) is 0 Å². The van der Waals surface area contributed by atoms with E-state index in [1.807, 2.05) is 0 Å². The third-order valence-corrected chi connectivity index (χ3v) is 13.4. The third-order valence-electron chi connectivity index (χ3n) is 13.4. The number of rotatable bonds is 7. The number of fused-ring (bicyclic) bond motifs is 7. The van der Waals surface area contributed by atoms with Crippen molar-refractivity contribution in [3.63, 3.8) is 0 Å². The van der Waals surface area contributed by atoms with Gasteiger partial charge in [-0.3, -0.25) is 0 Å². The second kappa shape index (κ2) is 14.5. The average Bonchev–Trinajstić information content (AvgIpc) is 3.88. The highest BCUT2D eigenvalue weighted by molar-refractivity contribution is 6.07. The van der Waals surface area contributed by atoms with Crippen LogP contribution in [0.5, 0.6) is 0 Å². The van der Waals surface area contributed by atoms with Gasteiger partial charge in [0.05, 0.1) is 16.7 Å². The topological polar surface area (TPSA) is 21.3 Å². The first kappa shape index (κ1) is 36.2. The van der Waals surface area contributed by atoms with Gasteiger partial charge in [-0.05, 0) is 119 Å². The van der Waals surface area contributed by atoms with Crippen LogP contribution in [0.2, 0.25) is 0 Å². The molecule has 0 spiro atoms. The van der Waals surface area contributed by atoms with Crippen LogP contribution in [0.3, 0.4) is 0 Å². The molecule has 296 valence electrons. The summed E-state index contributed by atoms with van der Waals surface area (Å²) in [4.78, 5) is 2.56. The first-order valence-electron chi connectivity index (χ1n) is 21.8. The molecule has 0 bridgehead atoms. The van der Waals surface area contributed by atoms with Crippen LogP contribution >= 0.6 is 0 Å². The summed E-state index contributed by atoms with van der Waals surface area (Å²) in [6.07, 6.45) is 15.9. The second-order valence-electron chi connectivity index (χ2n) is 16.9. The van der Waals surface area contributed by atoms with E-state index < -0.39 is 5.54 Å². The highest BCUT2D eigenvalue weighted by Gasteiger charge is 2.41. The summed E-state index contributed by atoms with van der Waals surface area (Å²) in [5, 5.41) is 6.14. The highest BCUT2D eigenvalue weighted by Crippen LogP contribution is 2.49. The number of aryl methyl sites for hydroxylation is 1. The van der Waals surface area contributed by atoms with Crippen molar-refractivity contribution in [1.82, 2.24) is 4.57 Å². The zero-order valence-electron chi connectivity index (χ0n) is 34.6. The molecule has 2 aromatic heterocycles. The predicted octanol–water partition coefficient (Wildman–Crippen LogP) is 15.8. The molecule has 2 aliphatic carbocycles. The Morgan fingerprint density at radius 1 is 0.597 bits per heavy atom. The molecule has 0 aliphatic heterocycles. The lowest BCUT2D eigenvalue weighted by Gasteiger charge is -2.47. The SMILES string of the molecule is CC1(N(c2ccc(-c3ccccc3-n3c4c(c5ccccc53)CCC=C4)cc2)c2cccc(-c3ccc4ccccc4c3)c2)C=CC=CC1c1cccc2oc3ccccc3c12. The van der Waals surface area contributed by atoms with Gasteiger partial charge in [0.25, 0.3) is 0 Å². The van der Waals surface area contributed by atoms with Gasteiger partial charge >= 0.3 is 0 Å². The molecule has 0 fully saturated rings. The quantitative estimate of drug-likeness (QED) is 0.160. The average molecular weight is 797 g/mol. The summed E-state index contributed by atoms with van der Waals surface area (Å²) >= 11 is 0. The van der Waals surface area contributed by atoms with E-state index >= 15 is 0 Å². The fourth-order valence-electron chi connectivity index (χ4n) is 10.5. The first-order chi connectivity index (χ1) is 30.6. The van der Waals surface area contributed by atoms with E-state index in [9.17, 15) is 0 Å². The molecule has 0 amide bonds. The fraction of sp³-hybridized carbons (Fsp3) is 0.0847. The number of benzene rings is 8. The van der Waals surface area contributed by atoms with Crippen molar-refractivity contribution in [3.8, 4) is 27.9 Å². The third kappa shape index (κ3) is 5.80. The monoisotopic (exact) mass is 796 g/mol. The van der Waals surface area contributed by atoms with Crippen LogP contribution in [0.15, 0.2) is 217 Å². The van der Waals surface area contributed by atoms with Crippen LogP contribution in [-0.4, -0.2) is 10.1 Å². The summed E-state index contributed by atoms with van der Waals surface area (Å²) in [5.74, 6) is -0.0109. The Bertz CT molecular complexity index is 3450. The second-order valence-corrected chi connectivity index (χ2v) is 16.9. The van der Waals surface area contributed by atoms with E-state index in [4.69, 9.17) is 4.42 Å². The zero-order valence-corrected chi connectivity index (χ0v) is 34.6. The van der Waals surface area contributed by atoms with E-state index in [1.165, 1.54) is 71.8 Å². The van der Waals surface area contributed by atoms with Crippen molar-refractivity contribution >= 4 is 61.1 Å². The van der Waals surface area contributed by atoms with Crippen LogP contribution < -0.4 is 4.90 Å². The predicted molar refractivity (Wildman–Crippen MR) is 261 cm³/mol. The van der Waals surface area contributed by atoms with Gasteiger partial charge < -0.3 is 13.9 Å². The molecule has 62 heavy (non-hydrogen) atoms. The number of hydrogen-bond donors (Lipinski definition) is 0. The number of aromatic nitrogens is 1. The normalized spacial score (nSPS) is 17.0. The van der Waals surface area contributed by atoms with Crippen LogP contribution in [0.25, 0.3) is 77.6 Å². The van der Waals surface area contributed by atoms with Gasteiger partial charge in [-0.15, -0.1) is 0 Å². The molecule has 2 heterocycles. The molecule has 0 radical (unpaired) electrons. The lowest BCUT2D eigenvalue weighted by atomic mass is 9.74. The zero-order chi connectivity index (χ0) is 41.2. The maximum atomic E-state index is 6.46. The number of furan rings is 1. The van der Waals surface area contributed by atoms with Crippen LogP contribution in [0.1, 0.15) is 36.1 Å². The van der Waals surface area contributed by atoms with Gasteiger partial charge in [0.1, 0.15) is 11.2 Å². The van der Waals surface area contributed by atoms with Gasteiger partial charge in [0, 0.05) is 44.7 Å². The van der Waals surface area contributed by atoms with Gasteiger partial charge in [0.15, 0.2) is 0 Å². The Balaban J connectivity index is 1.02. The number of anilines is 2. The molecular formula is C59H44N2O. The van der Waals surface area contributed by atoms with Gasteiger partial charge in [-0.1, -0.05) is 158 Å². The molecular weight excluding hydrogens is 753 g/mol. The lowest BCUT2D eigenvalue weighted by molar-refractivity contribution is 0.508. The molecule has 0 N–H and O–H groups in total. The number of hydrogen-bond acceptors (Lipinski definition) is 2. The van der Waals surface area contributed by atoms with Crippen LogP contribution in [0.4, 0.5) is 11.4 Å². The standard InChI is InChI=1S/C59H44N2O/c1-59(37-13-12-25-52(59)50-24-15-30-57-58(50)51-23-7-11-29-56(51)62-57)61(46-19-14-18-43(39-46)44-32-31-40-16-2-3-17-42(40)38-44)45-35-33-41(34-36-45)47-20-4-8-26-53(47)60-54-27-9-5-21-48(54)49-22-6-10-28-55(49)60/h2-5,7-21,23-39,52H,6,22H2,1H3. The number of nitrogens with zero attached hydrogens (tertiary/aromatic N) is 2. The molecule has 2 unspecified atom stereocenters. The lowest BCUT2D eigenvalue weighted by Crippen LogP contribution is -2.47. The van der Waals surface area contributed by atoms with Gasteiger partial charge in [-0.2, -0.15) is 0 Å². The summed E-state index contributed by atoms with van der Waals surface area (Å²) in [7, 11) is 0. The van der Waals surface area contributed by atoms with Crippen LogP contribution in [0, 0.1) is 0 Å². The summed E-state index contributed by atoms with van der Waals surface area (Å²) in [6.45, 7) is 2.39. The summed E-state index contributed by atoms with van der Waals surface area (Å²) in [5.41, 5.74) is 14.7. The molecule has 2 atom stereocenters. The Kier molecular flexibility index (Phi) is 8.50. The minimum atomic E-state index is -0.516. The van der Waals surface area contributed by atoms with E-state index in [0.717, 1.165) is 40.8 Å². The van der Waals surface area contributed by atoms with Crippen molar-refractivity contribution in [3.05, 3.63) is 229 Å². The van der Waals surface area contributed by atoms with E-state index in [2.05, 4.69) is 235 Å². The molecule has 8 aromatic carbocycles. The Morgan fingerprint density at radius 3 is 2.26 bits per heavy atom. The molecule has 10 aromatic rings. The molecule has 0 saturated heterocycles. The van der Waals surface area contributed by atoms with E-state index in [0.29, 0.717) is 0 Å². The maximum Gasteiger partial charge on any atom is 0.135 e. The van der Waals surface area contributed by atoms with Crippen molar-refractivity contribution in [1.29, 1.82) is 0 Å². The van der Waals surface area contributed by atoms with Gasteiger partial charge in [-0.25, -0.2) is 0 Å². The van der Waals surface area contributed by atoms with Crippen molar-refractivity contribution in [2.75, 3.05) is 4.90 Å². The number of allylic oxidation sites excluding steroid dienone is 3. The number of para-hydroxylation sites is 3. The highest BCUT2D eigenvalue weighted by atomic mass is 16.3. The largest absolute Gasteiger partial charge is 0.456 e. The first-order valence-corrected chi connectivity index (χ1v) is 21.8. The Labute approximate surface area is 361 Å². The smallest absolute Gasteiger partial charge is 0.135 e. The van der Waals surface area contributed by atoms with Crippen LogP contribution in [-0.2, 0) is 6.42 Å². The van der Waals surface area contributed by atoms with Crippen molar-refractivity contribution in [2.45, 2.75) is 31.2 Å². The molecule has 0 saturated carbocycles.